The number of benzene rings is 2. The van der Waals surface area contributed by atoms with Gasteiger partial charge < -0.3 is 15.0 Å². The number of ether oxygens (including phenoxy) is 1. The van der Waals surface area contributed by atoms with Crippen LogP contribution in [0.3, 0.4) is 0 Å². The molecule has 8 nitrogen and oxygen atoms in total. The number of allylic oxidation sites excluding steroid dienone is 1. The average molecular weight is 528 g/mol. The van der Waals surface area contributed by atoms with E-state index >= 15 is 0 Å². The molecule has 2 amide bonds. The van der Waals surface area contributed by atoms with Crippen LogP contribution >= 0.6 is 0 Å². The Balaban J connectivity index is 1.90. The van der Waals surface area contributed by atoms with Crippen molar-refractivity contribution in [1.29, 1.82) is 0 Å². The number of likely N-dealkylation sites (N-methyl/N-ethyl adjacent to an activating group) is 1. The largest absolute Gasteiger partial charge is 0.497 e. The number of carbonyl (C=O) groups is 2. The van der Waals surface area contributed by atoms with Gasteiger partial charge in [-0.25, -0.2) is 8.42 Å². The smallest absolute Gasteiger partial charge is 0.247 e. The molecule has 0 bridgehead atoms. The molecule has 0 saturated heterocycles. The summed E-state index contributed by atoms with van der Waals surface area (Å²) in [5.74, 6) is -0.0954. The molecule has 2 aromatic carbocycles. The van der Waals surface area contributed by atoms with E-state index < -0.39 is 22.0 Å². The summed E-state index contributed by atoms with van der Waals surface area (Å²) >= 11 is 0. The number of rotatable bonds is 12. The minimum Gasteiger partial charge on any atom is -0.497 e. The van der Waals surface area contributed by atoms with Crippen LogP contribution in [-0.2, 0) is 26.2 Å². The molecule has 200 valence electrons. The van der Waals surface area contributed by atoms with Crippen molar-refractivity contribution in [1.82, 2.24) is 14.5 Å². The molecule has 1 unspecified atom stereocenters. The second kappa shape index (κ2) is 13.4. The monoisotopic (exact) mass is 527 g/mol. The molecule has 9 heteroatoms. The number of nitrogens with zero attached hydrogens (tertiary/aromatic N) is 2. The maximum absolute atomic E-state index is 13.6. The Bertz CT molecular complexity index is 1180. The molecule has 1 atom stereocenters. The topological polar surface area (TPSA) is 96.0 Å². The standard InChI is InChI=1S/C28H37N3O5S/c1-30(37(3,34)35)21-26(32)31(20-23-14-16-25(36-2)17-15-23)27(24-12-8-5-9-13-24)28(33)29-19-18-22-10-6-4-7-11-22/h5,8-10,12-17,27H,4,6-7,11,18-21H2,1-3H3,(H,29,33). The molecule has 0 aliphatic heterocycles. The molecule has 1 aliphatic carbocycles. The van der Waals surface area contributed by atoms with E-state index in [0.29, 0.717) is 17.9 Å². The summed E-state index contributed by atoms with van der Waals surface area (Å²) in [6.45, 7) is 0.221. The Labute approximate surface area is 220 Å². The number of carbonyl (C=O) groups excluding carboxylic acids is 2. The Kier molecular flexibility index (Phi) is 10.3. The lowest BCUT2D eigenvalue weighted by atomic mass is 9.97. The van der Waals surface area contributed by atoms with E-state index in [1.807, 2.05) is 42.5 Å². The van der Waals surface area contributed by atoms with Crippen molar-refractivity contribution in [3.8, 4) is 5.75 Å². The van der Waals surface area contributed by atoms with Crippen LogP contribution in [0.1, 0.15) is 49.3 Å². The fourth-order valence-electron chi connectivity index (χ4n) is 4.33. The predicted molar refractivity (Wildman–Crippen MR) is 144 cm³/mol. The summed E-state index contributed by atoms with van der Waals surface area (Å²) in [6, 6.07) is 15.4. The van der Waals surface area contributed by atoms with Crippen molar-refractivity contribution in [2.45, 2.75) is 44.7 Å². The Morgan fingerprint density at radius 1 is 1.05 bits per heavy atom. The van der Waals surface area contributed by atoms with E-state index in [-0.39, 0.29) is 19.0 Å². The number of sulfonamides is 1. The van der Waals surface area contributed by atoms with Crippen molar-refractivity contribution in [3.05, 3.63) is 77.4 Å². The molecule has 0 radical (unpaired) electrons. The highest BCUT2D eigenvalue weighted by molar-refractivity contribution is 7.88. The molecule has 0 spiro atoms. The maximum atomic E-state index is 13.6. The zero-order chi connectivity index (χ0) is 26.8. The van der Waals surface area contributed by atoms with Crippen LogP contribution < -0.4 is 10.1 Å². The fraction of sp³-hybridized carbons (Fsp3) is 0.429. The number of hydrogen-bond donors (Lipinski definition) is 1. The van der Waals surface area contributed by atoms with Gasteiger partial charge in [0.15, 0.2) is 0 Å². The van der Waals surface area contributed by atoms with Gasteiger partial charge in [-0.15, -0.1) is 0 Å². The second-order valence-electron chi connectivity index (χ2n) is 9.35. The van der Waals surface area contributed by atoms with Crippen molar-refractivity contribution >= 4 is 21.8 Å². The highest BCUT2D eigenvalue weighted by Gasteiger charge is 2.32. The van der Waals surface area contributed by atoms with Crippen LogP contribution in [0.4, 0.5) is 0 Å². The second-order valence-corrected chi connectivity index (χ2v) is 11.4. The van der Waals surface area contributed by atoms with E-state index in [1.54, 1.807) is 19.2 Å². The summed E-state index contributed by atoms with van der Waals surface area (Å²) in [6.07, 6.45) is 8.59. The third-order valence-corrected chi connectivity index (χ3v) is 7.82. The fourth-order valence-corrected chi connectivity index (χ4v) is 4.68. The molecule has 0 aromatic heterocycles. The van der Waals surface area contributed by atoms with Gasteiger partial charge in [-0.3, -0.25) is 9.59 Å². The Morgan fingerprint density at radius 2 is 1.76 bits per heavy atom. The molecule has 0 fully saturated rings. The van der Waals surface area contributed by atoms with Crippen LogP contribution in [-0.4, -0.2) is 62.9 Å². The van der Waals surface area contributed by atoms with Crippen LogP contribution in [0, 0.1) is 0 Å². The van der Waals surface area contributed by atoms with Crippen LogP contribution in [0.15, 0.2) is 66.2 Å². The highest BCUT2D eigenvalue weighted by atomic mass is 32.2. The van der Waals surface area contributed by atoms with Gasteiger partial charge in [-0.1, -0.05) is 54.1 Å². The third kappa shape index (κ3) is 8.43. The summed E-state index contributed by atoms with van der Waals surface area (Å²) < 4.78 is 30.3. The first-order valence-corrected chi connectivity index (χ1v) is 14.4. The van der Waals surface area contributed by atoms with Gasteiger partial charge in [-0.2, -0.15) is 4.31 Å². The quantitative estimate of drug-likeness (QED) is 0.425. The third-order valence-electron chi connectivity index (χ3n) is 6.56. The first kappa shape index (κ1) is 28.4. The van der Waals surface area contributed by atoms with Gasteiger partial charge in [0, 0.05) is 20.1 Å². The first-order chi connectivity index (χ1) is 17.7. The van der Waals surface area contributed by atoms with Crippen molar-refractivity contribution < 1.29 is 22.7 Å². The zero-order valence-corrected chi connectivity index (χ0v) is 22.7. The lowest BCUT2D eigenvalue weighted by molar-refractivity contribution is -0.141. The highest BCUT2D eigenvalue weighted by Crippen LogP contribution is 2.26. The number of hydrogen-bond acceptors (Lipinski definition) is 5. The molecule has 1 aliphatic rings. The molecule has 0 saturated carbocycles. The van der Waals surface area contributed by atoms with E-state index in [4.69, 9.17) is 4.74 Å². The van der Waals surface area contributed by atoms with Crippen LogP contribution in [0.5, 0.6) is 5.75 Å². The summed E-state index contributed by atoms with van der Waals surface area (Å²) in [5, 5.41) is 3.03. The summed E-state index contributed by atoms with van der Waals surface area (Å²) in [5.41, 5.74) is 2.79. The van der Waals surface area contributed by atoms with Crippen molar-refractivity contribution in [2.24, 2.45) is 0 Å². The van der Waals surface area contributed by atoms with Crippen LogP contribution in [0.2, 0.25) is 0 Å². The normalized spacial score (nSPS) is 14.5. The summed E-state index contributed by atoms with van der Waals surface area (Å²) in [4.78, 5) is 28.7. The molecule has 0 heterocycles. The molecule has 1 N–H and O–H groups in total. The molecular formula is C28H37N3O5S. The van der Waals surface area contributed by atoms with Crippen LogP contribution in [0.25, 0.3) is 0 Å². The molecule has 2 aromatic rings. The van der Waals surface area contributed by atoms with E-state index in [9.17, 15) is 18.0 Å². The molecule has 3 rings (SSSR count). The van der Waals surface area contributed by atoms with E-state index in [2.05, 4.69) is 11.4 Å². The van der Waals surface area contributed by atoms with E-state index in [1.165, 1.54) is 30.4 Å². The lowest BCUT2D eigenvalue weighted by Gasteiger charge is -2.32. The Hall–Kier alpha value is -3.17. The van der Waals surface area contributed by atoms with E-state index in [0.717, 1.165) is 35.4 Å². The first-order valence-electron chi connectivity index (χ1n) is 12.5. The Morgan fingerprint density at radius 3 is 2.35 bits per heavy atom. The predicted octanol–water partition coefficient (Wildman–Crippen LogP) is 3.66. The minimum atomic E-state index is -3.59. The molecule has 37 heavy (non-hydrogen) atoms. The summed E-state index contributed by atoms with van der Waals surface area (Å²) in [7, 11) is -0.658. The zero-order valence-electron chi connectivity index (χ0n) is 21.9. The van der Waals surface area contributed by atoms with Gasteiger partial charge in [-0.05, 0) is 55.4 Å². The number of nitrogens with one attached hydrogen (secondary N) is 1. The average Bonchev–Trinajstić information content (AvgIpc) is 2.89. The SMILES string of the molecule is COc1ccc(CN(C(=O)CN(C)S(C)(=O)=O)C(C(=O)NCCC2=CCCCC2)c2ccccc2)cc1. The van der Waals surface area contributed by atoms with Gasteiger partial charge in [0.2, 0.25) is 21.8 Å². The van der Waals surface area contributed by atoms with Crippen molar-refractivity contribution in [2.75, 3.05) is 33.5 Å². The van der Waals surface area contributed by atoms with Gasteiger partial charge in [0.05, 0.1) is 19.9 Å². The number of methoxy groups -OCH3 is 1. The van der Waals surface area contributed by atoms with Crippen molar-refractivity contribution in [3.63, 3.8) is 0 Å². The molecular weight excluding hydrogens is 490 g/mol. The minimum absolute atomic E-state index is 0.124. The number of amides is 2. The van der Waals surface area contributed by atoms with Gasteiger partial charge in [0.25, 0.3) is 0 Å². The van der Waals surface area contributed by atoms with Gasteiger partial charge >= 0.3 is 0 Å². The van der Waals surface area contributed by atoms with Gasteiger partial charge in [0.1, 0.15) is 11.8 Å². The lowest BCUT2D eigenvalue weighted by Crippen LogP contribution is -2.47. The maximum Gasteiger partial charge on any atom is 0.247 e.